The van der Waals surface area contributed by atoms with Crippen molar-refractivity contribution in [1.82, 2.24) is 9.80 Å². The summed E-state index contributed by atoms with van der Waals surface area (Å²) in [5.74, 6) is 0.111. The van der Waals surface area contributed by atoms with Crippen LogP contribution in [0.25, 0.3) is 0 Å². The van der Waals surface area contributed by atoms with Gasteiger partial charge >= 0.3 is 0 Å². The minimum absolute atomic E-state index is 0.111. The molecule has 0 unspecified atom stereocenters. The maximum atomic E-state index is 11.4. The van der Waals surface area contributed by atoms with Crippen LogP contribution >= 0.6 is 0 Å². The molecule has 0 bridgehead atoms. The molecule has 0 saturated carbocycles. The minimum atomic E-state index is 0.111. The maximum Gasteiger partial charge on any atom is 0.223 e. The van der Waals surface area contributed by atoms with Crippen molar-refractivity contribution in [3.8, 4) is 0 Å². The van der Waals surface area contributed by atoms with E-state index in [1.165, 1.54) is 0 Å². The lowest BCUT2D eigenvalue weighted by Gasteiger charge is -2.32. The van der Waals surface area contributed by atoms with Gasteiger partial charge in [0.25, 0.3) is 0 Å². The Bertz CT molecular complexity index is 186. The molecule has 0 aromatic heterocycles. The molecule has 1 amide bonds. The summed E-state index contributed by atoms with van der Waals surface area (Å²) >= 11 is 0. The number of amides is 1. The topological polar surface area (TPSA) is 40.6 Å². The van der Waals surface area contributed by atoms with Crippen molar-refractivity contribution in [2.24, 2.45) is 0 Å². The Labute approximate surface area is 78.5 Å². The predicted octanol–water partition coefficient (Wildman–Crippen LogP) is -0.261. The Kier molecular flexibility index (Phi) is 3.89. The van der Waals surface area contributed by atoms with Gasteiger partial charge in [0.1, 0.15) is 6.29 Å². The van der Waals surface area contributed by atoms with Gasteiger partial charge in [-0.25, -0.2) is 0 Å². The molecular weight excluding hydrogens is 168 g/mol. The summed E-state index contributed by atoms with van der Waals surface area (Å²) in [6.07, 6.45) is 1.52. The molecule has 1 heterocycles. The molecule has 0 aromatic rings. The predicted molar refractivity (Wildman–Crippen MR) is 49.4 cm³/mol. The molecule has 0 radical (unpaired) electrons. The van der Waals surface area contributed by atoms with Gasteiger partial charge in [-0.05, 0) is 7.05 Å². The second-order valence-corrected chi connectivity index (χ2v) is 3.39. The Morgan fingerprint density at radius 3 is 2.46 bits per heavy atom. The van der Waals surface area contributed by atoms with Crippen LogP contribution in [0.15, 0.2) is 0 Å². The number of hydrogen-bond donors (Lipinski definition) is 0. The summed E-state index contributed by atoms with van der Waals surface area (Å²) in [6, 6.07) is 0. The highest BCUT2D eigenvalue weighted by molar-refractivity contribution is 5.78. The van der Waals surface area contributed by atoms with Gasteiger partial charge in [-0.3, -0.25) is 4.79 Å². The molecule has 74 valence electrons. The van der Waals surface area contributed by atoms with Crippen molar-refractivity contribution in [3.05, 3.63) is 0 Å². The normalized spacial score (nSPS) is 18.7. The summed E-state index contributed by atoms with van der Waals surface area (Å²) in [7, 11) is 2.05. The fraction of sp³-hybridized carbons (Fsp3) is 0.778. The Morgan fingerprint density at radius 2 is 1.92 bits per heavy atom. The summed E-state index contributed by atoms with van der Waals surface area (Å²) in [6.45, 7) is 3.47. The van der Waals surface area contributed by atoms with Crippen LogP contribution in [0.1, 0.15) is 12.8 Å². The van der Waals surface area contributed by atoms with Gasteiger partial charge in [-0.2, -0.15) is 0 Å². The van der Waals surface area contributed by atoms with E-state index in [2.05, 4.69) is 4.90 Å². The fourth-order valence-electron chi connectivity index (χ4n) is 1.40. The summed E-state index contributed by atoms with van der Waals surface area (Å²) < 4.78 is 0. The number of nitrogens with zero attached hydrogens (tertiary/aromatic N) is 2. The second kappa shape index (κ2) is 4.97. The van der Waals surface area contributed by atoms with E-state index in [1.807, 2.05) is 11.9 Å². The first kappa shape index (κ1) is 10.2. The maximum absolute atomic E-state index is 11.4. The Hall–Kier alpha value is -0.900. The molecule has 4 heteroatoms. The summed E-state index contributed by atoms with van der Waals surface area (Å²) in [4.78, 5) is 25.5. The van der Waals surface area contributed by atoms with E-state index in [4.69, 9.17) is 0 Å². The monoisotopic (exact) mass is 184 g/mol. The molecule has 0 N–H and O–H groups in total. The quantitative estimate of drug-likeness (QED) is 0.567. The van der Waals surface area contributed by atoms with Crippen molar-refractivity contribution in [2.75, 3.05) is 33.2 Å². The first-order valence-corrected chi connectivity index (χ1v) is 4.64. The molecular formula is C9H16N2O2. The van der Waals surface area contributed by atoms with Crippen LogP contribution in [0.2, 0.25) is 0 Å². The largest absolute Gasteiger partial charge is 0.340 e. The lowest BCUT2D eigenvalue weighted by atomic mass is 10.2. The van der Waals surface area contributed by atoms with E-state index in [1.54, 1.807) is 0 Å². The zero-order chi connectivity index (χ0) is 9.68. The van der Waals surface area contributed by atoms with E-state index in [-0.39, 0.29) is 5.91 Å². The molecule has 0 aromatic carbocycles. The molecule has 0 aliphatic carbocycles. The number of aldehydes is 1. The van der Waals surface area contributed by atoms with Crippen molar-refractivity contribution in [2.45, 2.75) is 12.8 Å². The lowest BCUT2D eigenvalue weighted by molar-refractivity contribution is -0.133. The van der Waals surface area contributed by atoms with Gasteiger partial charge in [0.15, 0.2) is 0 Å². The molecule has 1 rings (SSSR count). The Balaban J connectivity index is 2.27. The molecule has 1 aliphatic rings. The number of piperazine rings is 1. The molecule has 0 atom stereocenters. The van der Waals surface area contributed by atoms with Gasteiger partial charge < -0.3 is 14.6 Å². The average molecular weight is 184 g/mol. The fourth-order valence-corrected chi connectivity index (χ4v) is 1.40. The molecule has 1 fully saturated rings. The summed E-state index contributed by atoms with van der Waals surface area (Å²) in [5.41, 5.74) is 0. The van der Waals surface area contributed by atoms with E-state index < -0.39 is 0 Å². The van der Waals surface area contributed by atoms with E-state index in [9.17, 15) is 9.59 Å². The highest BCUT2D eigenvalue weighted by atomic mass is 16.2. The zero-order valence-electron chi connectivity index (χ0n) is 8.03. The van der Waals surface area contributed by atoms with Gasteiger partial charge in [0.05, 0.1) is 0 Å². The Morgan fingerprint density at radius 1 is 1.31 bits per heavy atom. The molecule has 4 nitrogen and oxygen atoms in total. The number of likely N-dealkylation sites (N-methyl/N-ethyl adjacent to an activating group) is 1. The van der Waals surface area contributed by atoms with Crippen molar-refractivity contribution in [3.63, 3.8) is 0 Å². The first-order valence-electron chi connectivity index (χ1n) is 4.64. The standard InChI is InChI=1S/C9H16N2O2/c1-10-4-6-11(7-5-10)9(13)3-2-8-12/h8H,2-7H2,1H3. The first-order chi connectivity index (χ1) is 6.24. The lowest BCUT2D eigenvalue weighted by Crippen LogP contribution is -2.47. The van der Waals surface area contributed by atoms with Crippen molar-refractivity contribution >= 4 is 12.2 Å². The highest BCUT2D eigenvalue weighted by Gasteiger charge is 2.17. The van der Waals surface area contributed by atoms with E-state index >= 15 is 0 Å². The third-order valence-electron chi connectivity index (χ3n) is 2.33. The van der Waals surface area contributed by atoms with Crippen molar-refractivity contribution < 1.29 is 9.59 Å². The van der Waals surface area contributed by atoms with Gasteiger partial charge in [0.2, 0.25) is 5.91 Å². The van der Waals surface area contributed by atoms with Crippen LogP contribution in [0.5, 0.6) is 0 Å². The number of rotatable bonds is 3. The van der Waals surface area contributed by atoms with Crippen LogP contribution in [0.4, 0.5) is 0 Å². The molecule has 13 heavy (non-hydrogen) atoms. The van der Waals surface area contributed by atoms with Crippen LogP contribution in [0, 0.1) is 0 Å². The van der Waals surface area contributed by atoms with E-state index in [0.29, 0.717) is 12.8 Å². The molecule has 1 aliphatic heterocycles. The van der Waals surface area contributed by atoms with Crippen LogP contribution in [-0.2, 0) is 9.59 Å². The second-order valence-electron chi connectivity index (χ2n) is 3.39. The van der Waals surface area contributed by atoms with Gasteiger partial charge in [-0.1, -0.05) is 0 Å². The number of carbonyl (C=O) groups excluding carboxylic acids is 2. The SMILES string of the molecule is CN1CCN(C(=O)CCC=O)CC1. The number of carbonyl (C=O) groups is 2. The van der Waals surface area contributed by atoms with Gasteiger partial charge in [0, 0.05) is 39.0 Å². The average Bonchev–Trinajstić information content (AvgIpc) is 2.15. The third kappa shape index (κ3) is 3.14. The van der Waals surface area contributed by atoms with E-state index in [0.717, 1.165) is 32.5 Å². The highest BCUT2D eigenvalue weighted by Crippen LogP contribution is 2.02. The van der Waals surface area contributed by atoms with Crippen molar-refractivity contribution in [1.29, 1.82) is 0 Å². The smallest absolute Gasteiger partial charge is 0.223 e. The minimum Gasteiger partial charge on any atom is -0.340 e. The van der Waals surface area contributed by atoms with Crippen LogP contribution in [0.3, 0.4) is 0 Å². The van der Waals surface area contributed by atoms with Crippen LogP contribution in [-0.4, -0.2) is 55.2 Å². The molecule has 1 saturated heterocycles. The number of hydrogen-bond acceptors (Lipinski definition) is 3. The zero-order valence-corrected chi connectivity index (χ0v) is 8.03. The third-order valence-corrected chi connectivity index (χ3v) is 2.33. The van der Waals surface area contributed by atoms with Gasteiger partial charge in [-0.15, -0.1) is 0 Å². The summed E-state index contributed by atoms with van der Waals surface area (Å²) in [5, 5.41) is 0. The molecule has 0 spiro atoms. The van der Waals surface area contributed by atoms with Crippen LogP contribution < -0.4 is 0 Å².